The fraction of sp³-hybridized carbons (Fsp3) is 0.433. The number of nitrogens with zero attached hydrogens (tertiary/aromatic N) is 7. The van der Waals surface area contributed by atoms with Gasteiger partial charge in [-0.2, -0.15) is 5.10 Å². The number of rotatable bonds is 12. The summed E-state index contributed by atoms with van der Waals surface area (Å²) in [5.74, 6) is 1.06. The highest BCUT2D eigenvalue weighted by Gasteiger charge is 2.37. The third-order valence-electron chi connectivity index (χ3n) is 7.92. The summed E-state index contributed by atoms with van der Waals surface area (Å²) in [5.41, 5.74) is 9.18. The molecule has 0 aromatic carbocycles. The first kappa shape index (κ1) is 32.5. The number of hydrogen-bond donors (Lipinski definition) is 2. The number of pyridine rings is 2. The molecule has 240 valence electrons. The molecular formula is C30H37ClFN9O3S. The molecule has 5 rings (SSSR count). The van der Waals surface area contributed by atoms with Crippen LogP contribution in [0.4, 0.5) is 15.9 Å². The van der Waals surface area contributed by atoms with E-state index in [1.807, 2.05) is 20.8 Å². The minimum absolute atomic E-state index is 0.0748. The van der Waals surface area contributed by atoms with Crippen molar-refractivity contribution in [2.75, 3.05) is 36.2 Å². The van der Waals surface area contributed by atoms with Crippen molar-refractivity contribution in [2.45, 2.75) is 45.8 Å². The molecule has 3 N–H and O–H groups in total. The number of aryl methyl sites for hydroxylation is 2. The molecule has 0 aliphatic carbocycles. The minimum atomic E-state index is -3.04. The van der Waals surface area contributed by atoms with E-state index in [0.29, 0.717) is 66.0 Å². The zero-order valence-electron chi connectivity index (χ0n) is 25.8. The topological polar surface area (TPSA) is 154 Å². The van der Waals surface area contributed by atoms with Crippen LogP contribution in [0.15, 0.2) is 36.8 Å². The lowest BCUT2D eigenvalue weighted by Crippen LogP contribution is -2.56. The first-order chi connectivity index (χ1) is 21.3. The van der Waals surface area contributed by atoms with Crippen molar-refractivity contribution in [3.63, 3.8) is 0 Å². The maximum Gasteiger partial charge on any atom is 0.223 e. The molecule has 15 heteroatoms. The standard InChI is InChI=1S/C30H37ClFN9O3S/c1-17(7-9-44-30-27(18(2)39-40(30)4)29-34-8-6-26(33)38-29)37-24-11-25(31)35-13-22(24)28-23(32)10-20(12-36-28)14-41-15-21(19(41)3)16-45(5,42)43/h6,8,10-13,17,19,21H,7,9,14-16H2,1-5H3,(H,35,37)(H2,33,34,38)/t17-,19-,21+/m0/s1. The first-order valence-electron chi connectivity index (χ1n) is 14.5. The Hall–Kier alpha value is -3.88. The molecule has 0 amide bonds. The molecule has 0 bridgehead atoms. The van der Waals surface area contributed by atoms with E-state index in [4.69, 9.17) is 22.1 Å². The molecule has 5 heterocycles. The van der Waals surface area contributed by atoms with Gasteiger partial charge in [0.1, 0.15) is 37.9 Å². The monoisotopic (exact) mass is 657 g/mol. The number of nitrogen functional groups attached to an aromatic ring is 1. The van der Waals surface area contributed by atoms with Gasteiger partial charge in [-0.25, -0.2) is 32.4 Å². The van der Waals surface area contributed by atoms with Crippen LogP contribution in [0.25, 0.3) is 22.6 Å². The molecule has 3 atom stereocenters. The lowest BCUT2D eigenvalue weighted by atomic mass is 9.91. The quantitative estimate of drug-likeness (QED) is 0.211. The van der Waals surface area contributed by atoms with E-state index in [-0.39, 0.29) is 34.6 Å². The highest BCUT2D eigenvalue weighted by molar-refractivity contribution is 7.90. The molecule has 12 nitrogen and oxygen atoms in total. The largest absolute Gasteiger partial charge is 0.477 e. The van der Waals surface area contributed by atoms with E-state index in [2.05, 4.69) is 35.3 Å². The molecule has 0 saturated carbocycles. The number of nitrogens with two attached hydrogens (primary N) is 1. The van der Waals surface area contributed by atoms with Gasteiger partial charge in [-0.3, -0.25) is 9.88 Å². The van der Waals surface area contributed by atoms with E-state index in [0.717, 1.165) is 5.69 Å². The second-order valence-corrected chi connectivity index (χ2v) is 14.2. The van der Waals surface area contributed by atoms with Gasteiger partial charge in [-0.05, 0) is 44.5 Å². The van der Waals surface area contributed by atoms with Crippen LogP contribution in [0.3, 0.4) is 0 Å². The maximum absolute atomic E-state index is 15.5. The maximum atomic E-state index is 15.5. The second kappa shape index (κ2) is 13.2. The summed E-state index contributed by atoms with van der Waals surface area (Å²) < 4.78 is 46.6. The van der Waals surface area contributed by atoms with Gasteiger partial charge in [0.25, 0.3) is 0 Å². The van der Waals surface area contributed by atoms with E-state index in [9.17, 15) is 8.42 Å². The van der Waals surface area contributed by atoms with Crippen molar-refractivity contribution in [2.24, 2.45) is 13.0 Å². The van der Waals surface area contributed by atoms with Crippen LogP contribution in [-0.4, -0.2) is 80.3 Å². The number of ether oxygens (including phenoxy) is 1. The summed E-state index contributed by atoms with van der Waals surface area (Å²) in [6, 6.07) is 4.72. The van der Waals surface area contributed by atoms with Crippen LogP contribution in [0.5, 0.6) is 5.88 Å². The van der Waals surface area contributed by atoms with Gasteiger partial charge in [0.15, 0.2) is 5.82 Å². The lowest BCUT2D eigenvalue weighted by molar-refractivity contribution is 0.0323. The number of anilines is 2. The molecule has 1 aliphatic heterocycles. The Morgan fingerprint density at radius 1 is 1.24 bits per heavy atom. The average Bonchev–Trinajstić information content (AvgIpc) is 3.24. The molecular weight excluding hydrogens is 621 g/mol. The Kier molecular flexibility index (Phi) is 9.56. The van der Waals surface area contributed by atoms with Gasteiger partial charge in [0.05, 0.1) is 18.1 Å². The number of sulfone groups is 1. The highest BCUT2D eigenvalue weighted by atomic mass is 35.5. The normalized spacial score (nSPS) is 17.6. The summed E-state index contributed by atoms with van der Waals surface area (Å²) in [7, 11) is -1.25. The van der Waals surface area contributed by atoms with E-state index in [1.165, 1.54) is 18.5 Å². The Labute approximate surface area is 267 Å². The van der Waals surface area contributed by atoms with Gasteiger partial charge in [0.2, 0.25) is 5.88 Å². The van der Waals surface area contributed by atoms with Crippen LogP contribution in [0, 0.1) is 18.7 Å². The summed E-state index contributed by atoms with van der Waals surface area (Å²) in [4.78, 5) is 19.4. The van der Waals surface area contributed by atoms with E-state index < -0.39 is 15.7 Å². The summed E-state index contributed by atoms with van der Waals surface area (Å²) >= 11 is 6.23. The average molecular weight is 658 g/mol. The van der Waals surface area contributed by atoms with Crippen LogP contribution in [0.2, 0.25) is 5.15 Å². The molecule has 0 radical (unpaired) electrons. The van der Waals surface area contributed by atoms with Crippen LogP contribution in [0.1, 0.15) is 31.5 Å². The molecule has 0 spiro atoms. The van der Waals surface area contributed by atoms with Crippen molar-refractivity contribution in [3.05, 3.63) is 59.0 Å². The van der Waals surface area contributed by atoms with Gasteiger partial charge in [-0.15, -0.1) is 0 Å². The Bertz CT molecular complexity index is 1800. The fourth-order valence-electron chi connectivity index (χ4n) is 5.53. The zero-order valence-corrected chi connectivity index (χ0v) is 27.4. The van der Waals surface area contributed by atoms with Crippen molar-refractivity contribution in [1.82, 2.24) is 34.6 Å². The summed E-state index contributed by atoms with van der Waals surface area (Å²) in [6.07, 6.45) is 6.57. The Balaban J connectivity index is 1.24. The smallest absolute Gasteiger partial charge is 0.223 e. The van der Waals surface area contributed by atoms with Gasteiger partial charge in [-0.1, -0.05) is 11.6 Å². The Morgan fingerprint density at radius 3 is 2.71 bits per heavy atom. The van der Waals surface area contributed by atoms with Crippen LogP contribution in [-0.2, 0) is 23.4 Å². The third-order valence-corrected chi connectivity index (χ3v) is 9.16. The fourth-order valence-corrected chi connectivity index (χ4v) is 6.85. The number of nitrogens with one attached hydrogen (secondary N) is 1. The van der Waals surface area contributed by atoms with E-state index in [1.54, 1.807) is 36.3 Å². The van der Waals surface area contributed by atoms with Gasteiger partial charge >= 0.3 is 0 Å². The lowest BCUT2D eigenvalue weighted by Gasteiger charge is -2.46. The molecule has 1 fully saturated rings. The molecule has 45 heavy (non-hydrogen) atoms. The molecule has 4 aromatic rings. The SMILES string of the molecule is Cc1nn(C)c(OCC[C@H](C)Nc2cc(Cl)ncc2-c2ncc(CN3C[C@H](CS(C)(=O)=O)[C@@H]3C)cc2F)c1-c1nccc(N)n1. The minimum Gasteiger partial charge on any atom is -0.477 e. The van der Waals surface area contributed by atoms with E-state index >= 15 is 4.39 Å². The molecule has 4 aromatic heterocycles. The zero-order chi connectivity index (χ0) is 32.5. The highest BCUT2D eigenvalue weighted by Crippen LogP contribution is 2.33. The number of aromatic nitrogens is 6. The Morgan fingerprint density at radius 2 is 2.02 bits per heavy atom. The predicted molar refractivity (Wildman–Crippen MR) is 172 cm³/mol. The molecule has 1 aliphatic rings. The number of halogens is 2. The van der Waals surface area contributed by atoms with Crippen molar-refractivity contribution < 1.29 is 17.5 Å². The third kappa shape index (κ3) is 7.68. The first-order valence-corrected chi connectivity index (χ1v) is 17.0. The second-order valence-electron chi connectivity index (χ2n) is 11.6. The molecule has 0 unspecified atom stereocenters. The van der Waals surface area contributed by atoms with Crippen LogP contribution >= 0.6 is 11.6 Å². The van der Waals surface area contributed by atoms with Crippen molar-refractivity contribution in [3.8, 4) is 28.5 Å². The molecule has 1 saturated heterocycles. The van der Waals surface area contributed by atoms with Crippen LogP contribution < -0.4 is 15.8 Å². The summed E-state index contributed by atoms with van der Waals surface area (Å²) in [6.45, 7) is 7.30. The van der Waals surface area contributed by atoms with Crippen molar-refractivity contribution >= 4 is 32.9 Å². The number of hydrogen-bond acceptors (Lipinski definition) is 11. The van der Waals surface area contributed by atoms with Gasteiger partial charge < -0.3 is 15.8 Å². The number of likely N-dealkylation sites (tertiary alicyclic amines) is 1. The summed E-state index contributed by atoms with van der Waals surface area (Å²) in [5, 5.41) is 8.12. The predicted octanol–water partition coefficient (Wildman–Crippen LogP) is 4.15. The van der Waals surface area contributed by atoms with Gasteiger partial charge in [0, 0.05) is 80.7 Å². The van der Waals surface area contributed by atoms with Crippen molar-refractivity contribution in [1.29, 1.82) is 0 Å².